The molecule has 6 heteroatoms. The van der Waals surface area contributed by atoms with Gasteiger partial charge in [0.25, 0.3) is 0 Å². The van der Waals surface area contributed by atoms with Crippen LogP contribution >= 0.6 is 0 Å². The highest BCUT2D eigenvalue weighted by Gasteiger charge is 2.23. The van der Waals surface area contributed by atoms with Gasteiger partial charge in [-0.3, -0.25) is 4.79 Å². The smallest absolute Gasteiger partial charge is 0.236 e. The fourth-order valence-corrected chi connectivity index (χ4v) is 3.32. The van der Waals surface area contributed by atoms with Gasteiger partial charge in [0.05, 0.1) is 6.54 Å². The van der Waals surface area contributed by atoms with E-state index in [1.807, 2.05) is 29.2 Å². The summed E-state index contributed by atoms with van der Waals surface area (Å²) in [7, 11) is 0. The predicted octanol–water partition coefficient (Wildman–Crippen LogP) is 2.11. The SMILES string of the molecule is CC(C)[C@H](NCC(=O)N1CCN(c2ncccn2)CC1)c1ccccc1. The average Bonchev–Trinajstić information content (AvgIpc) is 2.69. The molecule has 3 rings (SSSR count). The lowest BCUT2D eigenvalue weighted by molar-refractivity contribution is -0.130. The normalized spacial score (nSPS) is 16.0. The monoisotopic (exact) mass is 353 g/mol. The van der Waals surface area contributed by atoms with Crippen LogP contribution in [0.4, 0.5) is 5.95 Å². The van der Waals surface area contributed by atoms with Crippen LogP contribution in [0.1, 0.15) is 25.5 Å². The van der Waals surface area contributed by atoms with Gasteiger partial charge in [0.1, 0.15) is 0 Å². The molecule has 2 aromatic rings. The van der Waals surface area contributed by atoms with Crippen molar-refractivity contribution in [2.45, 2.75) is 19.9 Å². The summed E-state index contributed by atoms with van der Waals surface area (Å²) in [5.41, 5.74) is 1.22. The first-order valence-electron chi connectivity index (χ1n) is 9.23. The van der Waals surface area contributed by atoms with E-state index < -0.39 is 0 Å². The molecule has 1 fully saturated rings. The van der Waals surface area contributed by atoms with Crippen molar-refractivity contribution < 1.29 is 4.79 Å². The Balaban J connectivity index is 1.51. The second kappa shape index (κ2) is 8.76. The van der Waals surface area contributed by atoms with Crippen molar-refractivity contribution in [3.05, 3.63) is 54.4 Å². The first-order valence-corrected chi connectivity index (χ1v) is 9.23. The van der Waals surface area contributed by atoms with Crippen LogP contribution in [0.5, 0.6) is 0 Å². The molecule has 0 bridgehead atoms. The minimum absolute atomic E-state index is 0.153. The highest BCUT2D eigenvalue weighted by atomic mass is 16.2. The van der Waals surface area contributed by atoms with Crippen molar-refractivity contribution in [1.29, 1.82) is 0 Å². The molecule has 1 N–H and O–H groups in total. The standard InChI is InChI=1S/C20H27N5O/c1-16(2)19(17-7-4-3-5-8-17)23-15-18(26)24-11-13-25(14-12-24)20-21-9-6-10-22-20/h3-10,16,19,23H,11-15H2,1-2H3/t19-/m0/s1. The molecule has 26 heavy (non-hydrogen) atoms. The predicted molar refractivity (Wildman–Crippen MR) is 103 cm³/mol. The molecule has 0 unspecified atom stereocenters. The van der Waals surface area contributed by atoms with Gasteiger partial charge in [-0.25, -0.2) is 9.97 Å². The molecule has 0 spiro atoms. The molecule has 1 atom stereocenters. The van der Waals surface area contributed by atoms with Gasteiger partial charge in [0.15, 0.2) is 0 Å². The van der Waals surface area contributed by atoms with Gasteiger partial charge >= 0.3 is 0 Å². The van der Waals surface area contributed by atoms with Crippen LogP contribution in [-0.4, -0.2) is 53.5 Å². The summed E-state index contributed by atoms with van der Waals surface area (Å²) in [5.74, 6) is 1.30. The summed E-state index contributed by atoms with van der Waals surface area (Å²) in [6, 6.07) is 12.3. The van der Waals surface area contributed by atoms with Gasteiger partial charge in [0.2, 0.25) is 11.9 Å². The quantitative estimate of drug-likeness (QED) is 0.862. The minimum atomic E-state index is 0.153. The van der Waals surface area contributed by atoms with Crippen LogP contribution in [0.2, 0.25) is 0 Å². The van der Waals surface area contributed by atoms with E-state index in [-0.39, 0.29) is 11.9 Å². The second-order valence-corrected chi connectivity index (χ2v) is 6.93. The fourth-order valence-electron chi connectivity index (χ4n) is 3.32. The largest absolute Gasteiger partial charge is 0.338 e. The minimum Gasteiger partial charge on any atom is -0.338 e. The number of nitrogens with one attached hydrogen (secondary N) is 1. The molecule has 1 aliphatic rings. The third-order valence-corrected chi connectivity index (χ3v) is 4.77. The van der Waals surface area contributed by atoms with E-state index in [1.165, 1.54) is 5.56 Å². The number of anilines is 1. The van der Waals surface area contributed by atoms with Crippen LogP contribution in [0.15, 0.2) is 48.8 Å². The zero-order valence-corrected chi connectivity index (χ0v) is 15.5. The lowest BCUT2D eigenvalue weighted by atomic mass is 9.96. The van der Waals surface area contributed by atoms with Gasteiger partial charge in [-0.15, -0.1) is 0 Å². The first-order chi connectivity index (χ1) is 12.6. The Bertz CT molecular complexity index is 684. The number of nitrogens with zero attached hydrogens (tertiary/aromatic N) is 4. The van der Waals surface area contributed by atoms with Crippen LogP contribution in [0.3, 0.4) is 0 Å². The summed E-state index contributed by atoms with van der Waals surface area (Å²) in [5, 5.41) is 3.45. The average molecular weight is 353 g/mol. The Morgan fingerprint density at radius 2 is 1.69 bits per heavy atom. The van der Waals surface area contributed by atoms with Crippen molar-refractivity contribution in [2.24, 2.45) is 5.92 Å². The summed E-state index contributed by atoms with van der Waals surface area (Å²) in [6.07, 6.45) is 3.50. The Morgan fingerprint density at radius 1 is 1.04 bits per heavy atom. The zero-order chi connectivity index (χ0) is 18.4. The molecule has 138 valence electrons. The van der Waals surface area contributed by atoms with Crippen molar-refractivity contribution in [2.75, 3.05) is 37.6 Å². The highest BCUT2D eigenvalue weighted by molar-refractivity contribution is 5.78. The zero-order valence-electron chi connectivity index (χ0n) is 15.5. The fraction of sp³-hybridized carbons (Fsp3) is 0.450. The maximum atomic E-state index is 12.6. The number of rotatable bonds is 6. The van der Waals surface area contributed by atoms with Gasteiger partial charge in [-0.1, -0.05) is 44.2 Å². The summed E-state index contributed by atoms with van der Waals surface area (Å²) in [4.78, 5) is 25.2. The van der Waals surface area contributed by atoms with E-state index >= 15 is 0 Å². The number of amides is 1. The van der Waals surface area contributed by atoms with Crippen LogP contribution < -0.4 is 10.2 Å². The Labute approximate surface area is 155 Å². The van der Waals surface area contributed by atoms with Gasteiger partial charge in [0, 0.05) is 44.6 Å². The molecule has 1 aliphatic heterocycles. The molecule has 1 saturated heterocycles. The van der Waals surface area contributed by atoms with Crippen molar-refractivity contribution in [3.8, 4) is 0 Å². The van der Waals surface area contributed by atoms with E-state index in [9.17, 15) is 4.79 Å². The number of carbonyl (C=O) groups excluding carboxylic acids is 1. The maximum absolute atomic E-state index is 12.6. The Kier molecular flexibility index (Phi) is 6.17. The molecule has 1 aromatic carbocycles. The molecule has 2 heterocycles. The summed E-state index contributed by atoms with van der Waals surface area (Å²) in [6.45, 7) is 7.65. The van der Waals surface area contributed by atoms with E-state index in [4.69, 9.17) is 0 Å². The number of carbonyl (C=O) groups is 1. The molecule has 6 nitrogen and oxygen atoms in total. The third kappa shape index (κ3) is 4.58. The number of benzene rings is 1. The first kappa shape index (κ1) is 18.3. The van der Waals surface area contributed by atoms with Crippen LogP contribution in [-0.2, 0) is 4.79 Å². The van der Waals surface area contributed by atoms with Gasteiger partial charge in [-0.2, -0.15) is 0 Å². The van der Waals surface area contributed by atoms with Crippen LogP contribution in [0.25, 0.3) is 0 Å². The molecule has 0 radical (unpaired) electrons. The van der Waals surface area contributed by atoms with E-state index in [0.29, 0.717) is 25.6 Å². The van der Waals surface area contributed by atoms with E-state index in [2.05, 4.69) is 46.2 Å². The highest BCUT2D eigenvalue weighted by Crippen LogP contribution is 2.21. The Morgan fingerprint density at radius 3 is 2.31 bits per heavy atom. The lowest BCUT2D eigenvalue weighted by Crippen LogP contribution is -2.51. The van der Waals surface area contributed by atoms with E-state index in [1.54, 1.807) is 12.4 Å². The van der Waals surface area contributed by atoms with Gasteiger partial charge < -0.3 is 15.1 Å². The van der Waals surface area contributed by atoms with Gasteiger partial charge in [-0.05, 0) is 17.5 Å². The topological polar surface area (TPSA) is 61.4 Å². The number of aromatic nitrogens is 2. The van der Waals surface area contributed by atoms with Crippen LogP contribution in [0, 0.1) is 5.92 Å². The van der Waals surface area contributed by atoms with Crippen molar-refractivity contribution in [3.63, 3.8) is 0 Å². The van der Waals surface area contributed by atoms with Crippen molar-refractivity contribution in [1.82, 2.24) is 20.2 Å². The number of piperazine rings is 1. The number of hydrogen-bond acceptors (Lipinski definition) is 5. The molecule has 0 saturated carbocycles. The van der Waals surface area contributed by atoms with Crippen molar-refractivity contribution >= 4 is 11.9 Å². The number of hydrogen-bond donors (Lipinski definition) is 1. The Hall–Kier alpha value is -2.47. The molecule has 1 aromatic heterocycles. The summed E-state index contributed by atoms with van der Waals surface area (Å²) < 4.78 is 0. The molecular formula is C20H27N5O. The molecule has 1 amide bonds. The molecular weight excluding hydrogens is 326 g/mol. The van der Waals surface area contributed by atoms with E-state index in [0.717, 1.165) is 19.0 Å². The third-order valence-electron chi connectivity index (χ3n) is 4.77. The molecule has 0 aliphatic carbocycles. The summed E-state index contributed by atoms with van der Waals surface area (Å²) >= 11 is 0. The lowest BCUT2D eigenvalue weighted by Gasteiger charge is -2.35. The second-order valence-electron chi connectivity index (χ2n) is 6.93. The maximum Gasteiger partial charge on any atom is 0.236 e.